The third kappa shape index (κ3) is 3.07. The molecule has 2 fully saturated rings. The second-order valence-electron chi connectivity index (χ2n) is 9.03. The summed E-state index contributed by atoms with van der Waals surface area (Å²) in [5, 5.41) is 8.98. The van der Waals surface area contributed by atoms with E-state index in [1.54, 1.807) is 7.11 Å². The summed E-state index contributed by atoms with van der Waals surface area (Å²) in [6.07, 6.45) is 6.67. The second kappa shape index (κ2) is 6.96. The summed E-state index contributed by atoms with van der Waals surface area (Å²) in [5.41, 5.74) is 2.67. The maximum atomic E-state index is 12.9. The monoisotopic (exact) mass is 370 g/mol. The first kappa shape index (κ1) is 18.5. The van der Waals surface area contributed by atoms with E-state index in [0.717, 1.165) is 37.9 Å². The number of aryl methyl sites for hydroxylation is 1. The maximum Gasteiger partial charge on any atom is 0.303 e. The molecule has 1 N–H and O–H groups in total. The molecule has 4 rings (SSSR count). The number of ketones is 1. The lowest BCUT2D eigenvalue weighted by molar-refractivity contribution is -0.137. The van der Waals surface area contributed by atoms with Crippen LogP contribution < -0.4 is 4.74 Å². The van der Waals surface area contributed by atoms with E-state index in [4.69, 9.17) is 9.84 Å². The smallest absolute Gasteiger partial charge is 0.303 e. The van der Waals surface area contributed by atoms with Gasteiger partial charge in [0.1, 0.15) is 11.5 Å². The Kier molecular flexibility index (Phi) is 4.77. The van der Waals surface area contributed by atoms with Gasteiger partial charge in [0, 0.05) is 18.3 Å². The molecule has 4 heteroatoms. The van der Waals surface area contributed by atoms with E-state index in [-0.39, 0.29) is 11.8 Å². The van der Waals surface area contributed by atoms with Crippen LogP contribution in [0.25, 0.3) is 0 Å². The molecule has 3 aliphatic rings. The Balaban J connectivity index is 1.61. The van der Waals surface area contributed by atoms with Crippen LogP contribution in [0.1, 0.15) is 68.9 Å². The number of aliphatic carboxylic acids is 1. The van der Waals surface area contributed by atoms with Gasteiger partial charge < -0.3 is 9.84 Å². The standard InChI is InChI=1S/C23H30O4/c1-23-11-10-18-17-9-7-16(27-2)12-14(17)6-8-19(18)22(23)15(13-20(23)24)4-3-5-21(25)26/h7,9,12,15,18-19,22H,3-6,8,10-11,13H2,1-2H3,(H,25,26)/t15?,18-,19?,22?,23?/m1/s1. The quantitative estimate of drug-likeness (QED) is 0.823. The fourth-order valence-electron chi connectivity index (χ4n) is 6.53. The zero-order valence-electron chi connectivity index (χ0n) is 16.4. The Hall–Kier alpha value is -1.84. The number of rotatable bonds is 5. The first-order chi connectivity index (χ1) is 12.9. The van der Waals surface area contributed by atoms with Crippen molar-refractivity contribution in [3.63, 3.8) is 0 Å². The molecule has 3 aliphatic carbocycles. The molecule has 1 aromatic carbocycles. The van der Waals surface area contributed by atoms with Crippen LogP contribution in [0.15, 0.2) is 18.2 Å². The average Bonchev–Trinajstić information content (AvgIpc) is 2.91. The van der Waals surface area contributed by atoms with Crippen molar-refractivity contribution < 1.29 is 19.4 Å². The van der Waals surface area contributed by atoms with Crippen LogP contribution in [-0.2, 0) is 16.0 Å². The molecule has 0 radical (unpaired) electrons. The van der Waals surface area contributed by atoms with E-state index in [1.165, 1.54) is 11.1 Å². The molecular formula is C23H30O4. The molecule has 0 aromatic heterocycles. The van der Waals surface area contributed by atoms with Crippen molar-refractivity contribution in [1.82, 2.24) is 0 Å². The average molecular weight is 370 g/mol. The minimum absolute atomic E-state index is 0.195. The lowest BCUT2D eigenvalue weighted by atomic mass is 9.54. The molecule has 2 saturated carbocycles. The Morgan fingerprint density at radius 3 is 2.89 bits per heavy atom. The Bertz CT molecular complexity index is 755. The molecule has 0 heterocycles. The fourth-order valence-corrected chi connectivity index (χ4v) is 6.53. The number of hydrogen-bond donors (Lipinski definition) is 1. The van der Waals surface area contributed by atoms with Gasteiger partial charge in [-0.05, 0) is 85.5 Å². The predicted octanol–water partition coefficient (Wildman–Crippen LogP) is 4.60. The Labute approximate surface area is 161 Å². The van der Waals surface area contributed by atoms with Crippen LogP contribution in [-0.4, -0.2) is 24.0 Å². The number of Topliss-reactive ketones (excluding diaryl/α,β-unsaturated/α-hetero) is 1. The predicted molar refractivity (Wildman–Crippen MR) is 103 cm³/mol. The van der Waals surface area contributed by atoms with Crippen molar-refractivity contribution in [2.24, 2.45) is 23.2 Å². The summed E-state index contributed by atoms with van der Waals surface area (Å²) < 4.78 is 5.40. The van der Waals surface area contributed by atoms with Crippen molar-refractivity contribution in [2.75, 3.05) is 7.11 Å². The van der Waals surface area contributed by atoms with Gasteiger partial charge in [-0.25, -0.2) is 0 Å². The molecule has 0 bridgehead atoms. The lowest BCUT2D eigenvalue weighted by Crippen LogP contribution is -2.44. The summed E-state index contributed by atoms with van der Waals surface area (Å²) in [4.78, 5) is 23.8. The number of carbonyl (C=O) groups excluding carboxylic acids is 1. The highest BCUT2D eigenvalue weighted by molar-refractivity contribution is 5.87. The summed E-state index contributed by atoms with van der Waals surface area (Å²) in [5.74, 6) is 2.46. The van der Waals surface area contributed by atoms with Gasteiger partial charge in [-0.1, -0.05) is 13.0 Å². The van der Waals surface area contributed by atoms with Gasteiger partial charge in [0.05, 0.1) is 7.11 Å². The van der Waals surface area contributed by atoms with Gasteiger partial charge in [0.25, 0.3) is 0 Å². The van der Waals surface area contributed by atoms with Crippen molar-refractivity contribution in [3.05, 3.63) is 29.3 Å². The molecular weight excluding hydrogens is 340 g/mol. The third-order valence-electron chi connectivity index (χ3n) is 7.74. The van der Waals surface area contributed by atoms with E-state index in [9.17, 15) is 9.59 Å². The van der Waals surface area contributed by atoms with Crippen LogP contribution in [0, 0.1) is 23.2 Å². The van der Waals surface area contributed by atoms with Crippen molar-refractivity contribution in [2.45, 2.75) is 64.2 Å². The summed E-state index contributed by atoms with van der Waals surface area (Å²) in [6, 6.07) is 6.49. The van der Waals surface area contributed by atoms with Crippen molar-refractivity contribution in [1.29, 1.82) is 0 Å². The van der Waals surface area contributed by atoms with Gasteiger partial charge in [-0.2, -0.15) is 0 Å². The van der Waals surface area contributed by atoms with Crippen LogP contribution in [0.5, 0.6) is 5.75 Å². The van der Waals surface area contributed by atoms with Gasteiger partial charge in [-0.3, -0.25) is 9.59 Å². The largest absolute Gasteiger partial charge is 0.497 e. The minimum atomic E-state index is -0.732. The highest BCUT2D eigenvalue weighted by Crippen LogP contribution is 2.62. The van der Waals surface area contributed by atoms with E-state index < -0.39 is 5.97 Å². The number of benzene rings is 1. The fraction of sp³-hybridized carbons (Fsp3) is 0.652. The number of ether oxygens (including phenoxy) is 1. The molecule has 27 heavy (non-hydrogen) atoms. The van der Waals surface area contributed by atoms with Crippen LogP contribution in [0.2, 0.25) is 0 Å². The number of fused-ring (bicyclic) bond motifs is 5. The molecule has 4 nitrogen and oxygen atoms in total. The molecule has 146 valence electrons. The molecule has 0 saturated heterocycles. The molecule has 1 aromatic rings. The molecule has 4 unspecified atom stereocenters. The molecule has 0 aliphatic heterocycles. The van der Waals surface area contributed by atoms with E-state index in [1.807, 2.05) is 0 Å². The lowest BCUT2D eigenvalue weighted by Gasteiger charge is -2.50. The van der Waals surface area contributed by atoms with Crippen LogP contribution in [0.4, 0.5) is 0 Å². The number of methoxy groups -OCH3 is 1. The number of hydrogen-bond acceptors (Lipinski definition) is 3. The minimum Gasteiger partial charge on any atom is -0.497 e. The second-order valence-corrected chi connectivity index (χ2v) is 9.03. The Morgan fingerprint density at radius 2 is 2.15 bits per heavy atom. The summed E-state index contributed by atoms with van der Waals surface area (Å²) in [7, 11) is 1.71. The van der Waals surface area contributed by atoms with Crippen molar-refractivity contribution >= 4 is 11.8 Å². The Morgan fingerprint density at radius 1 is 1.33 bits per heavy atom. The van der Waals surface area contributed by atoms with Gasteiger partial charge in [0.15, 0.2) is 0 Å². The first-order valence-corrected chi connectivity index (χ1v) is 10.4. The van der Waals surface area contributed by atoms with Gasteiger partial charge in [-0.15, -0.1) is 0 Å². The first-order valence-electron chi connectivity index (χ1n) is 10.4. The number of carbonyl (C=O) groups is 2. The highest BCUT2D eigenvalue weighted by Gasteiger charge is 2.58. The highest BCUT2D eigenvalue weighted by atomic mass is 16.5. The summed E-state index contributed by atoms with van der Waals surface area (Å²) in [6.45, 7) is 2.19. The van der Waals surface area contributed by atoms with E-state index >= 15 is 0 Å². The maximum absolute atomic E-state index is 12.9. The van der Waals surface area contributed by atoms with E-state index in [2.05, 4.69) is 25.1 Å². The molecule has 0 amide bonds. The number of carboxylic acid groups (broad SMARTS) is 1. The topological polar surface area (TPSA) is 63.6 Å². The number of carboxylic acids is 1. The normalized spacial score (nSPS) is 34.5. The van der Waals surface area contributed by atoms with Crippen LogP contribution in [0.3, 0.4) is 0 Å². The van der Waals surface area contributed by atoms with Gasteiger partial charge in [0.2, 0.25) is 0 Å². The molecule has 5 atom stereocenters. The third-order valence-corrected chi connectivity index (χ3v) is 7.74. The zero-order chi connectivity index (χ0) is 19.2. The summed E-state index contributed by atoms with van der Waals surface area (Å²) >= 11 is 0. The zero-order valence-corrected chi connectivity index (χ0v) is 16.4. The molecule has 0 spiro atoms. The van der Waals surface area contributed by atoms with Crippen molar-refractivity contribution in [3.8, 4) is 5.75 Å². The SMILES string of the molecule is COc1ccc2c(c1)CCC1C3C(CCCC(=O)O)CC(=O)C3(C)CC[C@H]21. The van der Waals surface area contributed by atoms with Gasteiger partial charge >= 0.3 is 5.97 Å². The van der Waals surface area contributed by atoms with E-state index in [0.29, 0.717) is 42.3 Å². The van der Waals surface area contributed by atoms with Crippen LogP contribution >= 0.6 is 0 Å².